The maximum absolute atomic E-state index is 12.5. The van der Waals surface area contributed by atoms with Gasteiger partial charge in [-0.15, -0.1) is 0 Å². The Morgan fingerprint density at radius 2 is 1.45 bits per heavy atom. The first-order valence-electron chi connectivity index (χ1n) is 9.66. The fourth-order valence-corrected chi connectivity index (χ4v) is 2.65. The first-order valence-corrected chi connectivity index (χ1v) is 9.66. The van der Waals surface area contributed by atoms with E-state index in [1.54, 1.807) is 36.4 Å². The summed E-state index contributed by atoms with van der Waals surface area (Å²) in [5.74, 6) is -2.45. The Kier molecular flexibility index (Phi) is 9.03. The highest BCUT2D eigenvalue weighted by atomic mass is 16.5. The fraction of sp³-hybridized carbons (Fsp3) is 0.273. The summed E-state index contributed by atoms with van der Waals surface area (Å²) in [6.07, 6.45) is -0.620. The van der Waals surface area contributed by atoms with E-state index in [2.05, 4.69) is 16.0 Å². The van der Waals surface area contributed by atoms with E-state index in [4.69, 9.17) is 9.84 Å². The molecule has 164 valence electrons. The predicted octanol–water partition coefficient (Wildman–Crippen LogP) is 1.23. The summed E-state index contributed by atoms with van der Waals surface area (Å²) >= 11 is 0. The van der Waals surface area contributed by atoms with Gasteiger partial charge in [-0.2, -0.15) is 0 Å². The van der Waals surface area contributed by atoms with Crippen LogP contribution in [0.1, 0.15) is 18.1 Å². The third-order valence-electron chi connectivity index (χ3n) is 4.27. The number of alkyl carbamates (subject to hydrolysis) is 1. The van der Waals surface area contributed by atoms with E-state index in [-0.39, 0.29) is 13.0 Å². The van der Waals surface area contributed by atoms with Gasteiger partial charge in [0.25, 0.3) is 0 Å². The number of nitrogens with one attached hydrogen (secondary N) is 3. The van der Waals surface area contributed by atoms with Crippen molar-refractivity contribution >= 4 is 23.9 Å². The van der Waals surface area contributed by atoms with Gasteiger partial charge in [-0.05, 0) is 18.1 Å². The van der Waals surface area contributed by atoms with Gasteiger partial charge in [0.05, 0.1) is 0 Å². The van der Waals surface area contributed by atoms with Crippen molar-refractivity contribution < 1.29 is 29.0 Å². The first kappa shape index (κ1) is 23.4. The SMILES string of the molecule is CC(NC(=O)OCc1ccccc1)C(=O)NC(Cc1ccccc1)C(=O)NCC(=O)O. The van der Waals surface area contributed by atoms with Gasteiger partial charge in [0.1, 0.15) is 25.2 Å². The van der Waals surface area contributed by atoms with Gasteiger partial charge in [-0.25, -0.2) is 4.79 Å². The van der Waals surface area contributed by atoms with Crippen LogP contribution in [0.2, 0.25) is 0 Å². The Balaban J connectivity index is 1.92. The van der Waals surface area contributed by atoms with Crippen LogP contribution in [0.4, 0.5) is 4.79 Å². The summed E-state index contributed by atoms with van der Waals surface area (Å²) in [7, 11) is 0. The Hall–Kier alpha value is -3.88. The van der Waals surface area contributed by atoms with Gasteiger partial charge >= 0.3 is 12.1 Å². The average Bonchev–Trinajstić information content (AvgIpc) is 2.76. The molecule has 9 nitrogen and oxygen atoms in total. The zero-order valence-corrected chi connectivity index (χ0v) is 17.0. The van der Waals surface area contributed by atoms with Crippen LogP contribution in [0.15, 0.2) is 60.7 Å². The van der Waals surface area contributed by atoms with Gasteiger partial charge in [-0.3, -0.25) is 14.4 Å². The first-order chi connectivity index (χ1) is 14.8. The number of ether oxygens (including phenoxy) is 1. The molecule has 9 heteroatoms. The molecule has 0 radical (unpaired) electrons. The van der Waals surface area contributed by atoms with Crippen molar-refractivity contribution in [3.63, 3.8) is 0 Å². The number of carbonyl (C=O) groups excluding carboxylic acids is 3. The van der Waals surface area contributed by atoms with Crippen LogP contribution in [-0.2, 0) is 32.1 Å². The van der Waals surface area contributed by atoms with Crippen LogP contribution in [0.25, 0.3) is 0 Å². The maximum Gasteiger partial charge on any atom is 0.408 e. The molecule has 2 aromatic rings. The highest BCUT2D eigenvalue weighted by Gasteiger charge is 2.25. The average molecular weight is 427 g/mol. The monoisotopic (exact) mass is 427 g/mol. The molecule has 0 fully saturated rings. The minimum Gasteiger partial charge on any atom is -0.480 e. The molecule has 0 aliphatic heterocycles. The van der Waals surface area contributed by atoms with E-state index in [9.17, 15) is 19.2 Å². The minimum absolute atomic E-state index is 0.0508. The minimum atomic E-state index is -1.20. The molecule has 2 atom stereocenters. The molecule has 2 aromatic carbocycles. The smallest absolute Gasteiger partial charge is 0.408 e. The normalized spacial score (nSPS) is 12.2. The van der Waals surface area contributed by atoms with Crippen molar-refractivity contribution in [1.82, 2.24) is 16.0 Å². The number of amides is 3. The second kappa shape index (κ2) is 12.0. The van der Waals surface area contributed by atoms with E-state index >= 15 is 0 Å². The van der Waals surface area contributed by atoms with Crippen LogP contribution in [0, 0.1) is 0 Å². The van der Waals surface area contributed by atoms with E-state index < -0.39 is 42.5 Å². The van der Waals surface area contributed by atoms with E-state index in [1.807, 2.05) is 24.3 Å². The molecule has 2 rings (SSSR count). The van der Waals surface area contributed by atoms with Crippen LogP contribution in [0.3, 0.4) is 0 Å². The molecule has 4 N–H and O–H groups in total. The highest BCUT2D eigenvalue weighted by Crippen LogP contribution is 2.05. The third kappa shape index (κ3) is 8.57. The lowest BCUT2D eigenvalue weighted by atomic mass is 10.0. The maximum atomic E-state index is 12.5. The Labute approximate surface area is 179 Å². The number of carboxylic acid groups (broad SMARTS) is 1. The van der Waals surface area contributed by atoms with E-state index in [1.165, 1.54) is 6.92 Å². The number of aliphatic carboxylic acids is 1. The van der Waals surface area contributed by atoms with Crippen LogP contribution in [-0.4, -0.2) is 47.6 Å². The summed E-state index contributed by atoms with van der Waals surface area (Å²) in [6, 6.07) is 16.0. The lowest BCUT2D eigenvalue weighted by Gasteiger charge is -2.21. The van der Waals surface area contributed by atoms with E-state index in [0.29, 0.717) is 0 Å². The Morgan fingerprint density at radius 1 is 0.871 bits per heavy atom. The molecular formula is C22H25N3O6. The number of benzene rings is 2. The van der Waals surface area contributed by atoms with Gasteiger partial charge in [0.15, 0.2) is 0 Å². The summed E-state index contributed by atoms with van der Waals surface area (Å²) in [6.45, 7) is 0.933. The number of carboxylic acids is 1. The van der Waals surface area contributed by atoms with Gasteiger partial charge in [0, 0.05) is 6.42 Å². The summed E-state index contributed by atoms with van der Waals surface area (Å²) in [4.78, 5) is 47.6. The van der Waals surface area contributed by atoms with Crippen LogP contribution < -0.4 is 16.0 Å². The number of carbonyl (C=O) groups is 4. The van der Waals surface area contributed by atoms with Crippen LogP contribution >= 0.6 is 0 Å². The van der Waals surface area contributed by atoms with Crippen molar-refractivity contribution in [3.8, 4) is 0 Å². The van der Waals surface area contributed by atoms with Gasteiger partial charge in [-0.1, -0.05) is 60.7 Å². The van der Waals surface area contributed by atoms with Gasteiger partial charge in [0.2, 0.25) is 11.8 Å². The largest absolute Gasteiger partial charge is 0.480 e. The van der Waals surface area contributed by atoms with Crippen molar-refractivity contribution in [3.05, 3.63) is 71.8 Å². The zero-order valence-electron chi connectivity index (χ0n) is 17.0. The second-order valence-electron chi connectivity index (χ2n) is 6.79. The zero-order chi connectivity index (χ0) is 22.6. The molecule has 0 saturated carbocycles. The molecule has 31 heavy (non-hydrogen) atoms. The van der Waals surface area contributed by atoms with Gasteiger partial charge < -0.3 is 25.8 Å². The molecule has 0 aromatic heterocycles. The molecule has 0 aliphatic rings. The van der Waals surface area contributed by atoms with Crippen molar-refractivity contribution in [1.29, 1.82) is 0 Å². The molecule has 0 bridgehead atoms. The fourth-order valence-electron chi connectivity index (χ4n) is 2.65. The molecule has 0 heterocycles. The molecule has 0 aliphatic carbocycles. The summed E-state index contributed by atoms with van der Waals surface area (Å²) in [5, 5.41) is 16.0. The number of hydrogen-bond acceptors (Lipinski definition) is 5. The van der Waals surface area contributed by atoms with Crippen LogP contribution in [0.5, 0.6) is 0 Å². The topological polar surface area (TPSA) is 134 Å². The lowest BCUT2D eigenvalue weighted by Crippen LogP contribution is -2.54. The predicted molar refractivity (Wildman–Crippen MR) is 112 cm³/mol. The Bertz CT molecular complexity index is 889. The molecular weight excluding hydrogens is 402 g/mol. The van der Waals surface area contributed by atoms with Crippen molar-refractivity contribution in [2.75, 3.05) is 6.54 Å². The molecule has 2 unspecified atom stereocenters. The molecule has 3 amide bonds. The second-order valence-corrected chi connectivity index (χ2v) is 6.79. The Morgan fingerprint density at radius 3 is 2.03 bits per heavy atom. The molecule has 0 saturated heterocycles. The van der Waals surface area contributed by atoms with Crippen molar-refractivity contribution in [2.24, 2.45) is 0 Å². The quantitative estimate of drug-likeness (QED) is 0.451. The molecule has 0 spiro atoms. The summed E-state index contributed by atoms with van der Waals surface area (Å²) in [5.41, 5.74) is 1.58. The van der Waals surface area contributed by atoms with Crippen molar-refractivity contribution in [2.45, 2.75) is 32.0 Å². The summed E-state index contributed by atoms with van der Waals surface area (Å²) < 4.78 is 5.09. The number of rotatable bonds is 10. The lowest BCUT2D eigenvalue weighted by molar-refractivity contribution is -0.138. The number of hydrogen-bond donors (Lipinski definition) is 4. The highest BCUT2D eigenvalue weighted by molar-refractivity contribution is 5.92. The van der Waals surface area contributed by atoms with E-state index in [0.717, 1.165) is 11.1 Å². The third-order valence-corrected chi connectivity index (χ3v) is 4.27. The standard InChI is InChI=1S/C22H25N3O6/c1-15(24-22(30)31-14-17-10-6-3-7-11-17)20(28)25-18(21(29)23-13-19(26)27)12-16-8-4-2-5-9-16/h2-11,15,18H,12-14H2,1H3,(H,23,29)(H,24,30)(H,25,28)(H,26,27).